The van der Waals surface area contributed by atoms with Crippen molar-refractivity contribution in [1.82, 2.24) is 5.32 Å². The molecule has 2 unspecified atom stereocenters. The van der Waals surface area contributed by atoms with Gasteiger partial charge in [0.05, 0.1) is 6.10 Å². The Morgan fingerprint density at radius 3 is 2.75 bits per heavy atom. The summed E-state index contributed by atoms with van der Waals surface area (Å²) in [6, 6.07) is 0.677. The summed E-state index contributed by atoms with van der Waals surface area (Å²) in [7, 11) is 0. The minimum atomic E-state index is 0.319. The molecular formula is C13H25NO2. The van der Waals surface area contributed by atoms with Crippen LogP contribution in [0.1, 0.15) is 45.4 Å². The van der Waals surface area contributed by atoms with Gasteiger partial charge >= 0.3 is 0 Å². The van der Waals surface area contributed by atoms with Crippen LogP contribution < -0.4 is 5.32 Å². The Kier molecular flexibility index (Phi) is 4.22. The average Bonchev–Trinajstić information content (AvgIpc) is 2.18. The Balaban J connectivity index is 1.71. The van der Waals surface area contributed by atoms with E-state index in [0.717, 1.165) is 26.0 Å². The van der Waals surface area contributed by atoms with E-state index < -0.39 is 0 Å². The molecule has 2 atom stereocenters. The molecule has 1 spiro atoms. The van der Waals surface area contributed by atoms with E-state index >= 15 is 0 Å². The summed E-state index contributed by atoms with van der Waals surface area (Å²) in [4.78, 5) is 0. The van der Waals surface area contributed by atoms with Crippen LogP contribution in [0.5, 0.6) is 0 Å². The van der Waals surface area contributed by atoms with E-state index in [1.54, 1.807) is 0 Å². The van der Waals surface area contributed by atoms with Crippen LogP contribution in [-0.2, 0) is 4.74 Å². The highest BCUT2D eigenvalue weighted by molar-refractivity contribution is 5.11. The molecular weight excluding hydrogens is 202 g/mol. The number of ether oxygens (including phenoxy) is 1. The van der Waals surface area contributed by atoms with Crippen molar-refractivity contribution in [3.63, 3.8) is 0 Å². The van der Waals surface area contributed by atoms with Crippen molar-refractivity contribution in [2.24, 2.45) is 5.41 Å². The zero-order valence-corrected chi connectivity index (χ0v) is 10.4. The molecule has 3 heteroatoms. The van der Waals surface area contributed by atoms with Crippen LogP contribution in [0.2, 0.25) is 0 Å². The van der Waals surface area contributed by atoms with E-state index in [2.05, 4.69) is 12.2 Å². The number of hydrogen-bond donors (Lipinski definition) is 2. The Morgan fingerprint density at radius 2 is 2.19 bits per heavy atom. The summed E-state index contributed by atoms with van der Waals surface area (Å²) in [5, 5.41) is 12.4. The molecule has 0 saturated heterocycles. The van der Waals surface area contributed by atoms with E-state index in [9.17, 15) is 0 Å². The van der Waals surface area contributed by atoms with Gasteiger partial charge in [0, 0.05) is 24.7 Å². The predicted molar refractivity (Wildman–Crippen MR) is 64.4 cm³/mol. The van der Waals surface area contributed by atoms with Crippen LogP contribution >= 0.6 is 0 Å². The molecule has 94 valence electrons. The second kappa shape index (κ2) is 5.48. The van der Waals surface area contributed by atoms with Gasteiger partial charge in [0.25, 0.3) is 0 Å². The van der Waals surface area contributed by atoms with Gasteiger partial charge in [0.15, 0.2) is 0 Å². The van der Waals surface area contributed by atoms with Crippen LogP contribution in [-0.4, -0.2) is 37.0 Å². The molecule has 2 aliphatic rings. The number of aliphatic hydroxyl groups is 1. The molecule has 0 aromatic carbocycles. The molecule has 0 amide bonds. The van der Waals surface area contributed by atoms with Gasteiger partial charge in [-0.25, -0.2) is 0 Å². The van der Waals surface area contributed by atoms with Crippen molar-refractivity contribution in [1.29, 1.82) is 0 Å². The topological polar surface area (TPSA) is 41.5 Å². The summed E-state index contributed by atoms with van der Waals surface area (Å²) in [6.45, 7) is 4.31. The van der Waals surface area contributed by atoms with E-state index in [0.29, 0.717) is 24.2 Å². The van der Waals surface area contributed by atoms with E-state index in [1.165, 1.54) is 25.7 Å². The highest BCUT2D eigenvalue weighted by Crippen LogP contribution is 2.57. The Hall–Kier alpha value is -0.120. The second-order valence-corrected chi connectivity index (χ2v) is 5.20. The molecule has 2 N–H and O–H groups in total. The van der Waals surface area contributed by atoms with Crippen LogP contribution in [0.4, 0.5) is 0 Å². The van der Waals surface area contributed by atoms with Crippen LogP contribution in [0.25, 0.3) is 0 Å². The Morgan fingerprint density at radius 1 is 1.38 bits per heavy atom. The predicted octanol–water partition coefficient (Wildman–Crippen LogP) is 1.70. The smallest absolute Gasteiger partial charge is 0.0661 e. The Bertz CT molecular complexity index is 216. The number of aliphatic hydroxyl groups excluding tert-OH is 1. The van der Waals surface area contributed by atoms with Crippen molar-refractivity contribution in [3.05, 3.63) is 0 Å². The maximum atomic E-state index is 8.73. The van der Waals surface area contributed by atoms with E-state index in [-0.39, 0.29) is 0 Å². The molecule has 2 aliphatic carbocycles. The van der Waals surface area contributed by atoms with Gasteiger partial charge in [0.1, 0.15) is 0 Å². The monoisotopic (exact) mass is 227 g/mol. The first-order valence-electron chi connectivity index (χ1n) is 6.79. The van der Waals surface area contributed by atoms with E-state index in [4.69, 9.17) is 9.84 Å². The summed E-state index contributed by atoms with van der Waals surface area (Å²) >= 11 is 0. The first-order valence-corrected chi connectivity index (χ1v) is 6.79. The first kappa shape index (κ1) is 12.3. The number of nitrogens with one attached hydrogen (secondary N) is 1. The SMILES string of the molecule is CCOC1CC(NCCCCO)C12CCC2. The lowest BCUT2D eigenvalue weighted by Crippen LogP contribution is -2.66. The lowest BCUT2D eigenvalue weighted by Gasteiger charge is -2.61. The van der Waals surface area contributed by atoms with Gasteiger partial charge in [-0.3, -0.25) is 0 Å². The third kappa shape index (κ3) is 2.13. The summed E-state index contributed by atoms with van der Waals surface area (Å²) in [6.07, 6.45) is 7.77. The third-order valence-corrected chi connectivity index (χ3v) is 4.41. The second-order valence-electron chi connectivity index (χ2n) is 5.20. The summed E-state index contributed by atoms with van der Waals surface area (Å²) < 4.78 is 5.81. The van der Waals surface area contributed by atoms with Crippen molar-refractivity contribution in [2.45, 2.75) is 57.6 Å². The molecule has 0 aromatic heterocycles. The molecule has 0 aromatic rings. The highest BCUT2D eigenvalue weighted by Gasteiger charge is 2.58. The highest BCUT2D eigenvalue weighted by atomic mass is 16.5. The van der Waals surface area contributed by atoms with Gasteiger partial charge in [0.2, 0.25) is 0 Å². The number of unbranched alkanes of at least 4 members (excludes halogenated alkanes) is 1. The molecule has 2 saturated carbocycles. The number of hydrogen-bond acceptors (Lipinski definition) is 3. The lowest BCUT2D eigenvalue weighted by molar-refractivity contribution is -0.172. The molecule has 3 nitrogen and oxygen atoms in total. The summed E-state index contributed by atoms with van der Waals surface area (Å²) in [5.41, 5.74) is 0.481. The van der Waals surface area contributed by atoms with Crippen molar-refractivity contribution >= 4 is 0 Å². The molecule has 0 aliphatic heterocycles. The third-order valence-electron chi connectivity index (χ3n) is 4.41. The van der Waals surface area contributed by atoms with Crippen molar-refractivity contribution in [3.8, 4) is 0 Å². The fourth-order valence-corrected chi connectivity index (χ4v) is 3.24. The molecule has 16 heavy (non-hydrogen) atoms. The standard InChI is InChI=1S/C13H25NO2/c1-2-16-12-10-11(13(12)6-5-7-13)14-8-3-4-9-15/h11-12,14-15H,2-10H2,1H3. The minimum absolute atomic E-state index is 0.319. The Labute approximate surface area is 98.6 Å². The molecule has 2 fully saturated rings. The zero-order chi connectivity index (χ0) is 11.4. The molecule has 2 rings (SSSR count). The van der Waals surface area contributed by atoms with Gasteiger partial charge in [-0.1, -0.05) is 6.42 Å². The maximum absolute atomic E-state index is 8.73. The average molecular weight is 227 g/mol. The minimum Gasteiger partial charge on any atom is -0.396 e. The quantitative estimate of drug-likeness (QED) is 0.650. The maximum Gasteiger partial charge on any atom is 0.0661 e. The molecule has 0 radical (unpaired) electrons. The van der Waals surface area contributed by atoms with Gasteiger partial charge in [-0.2, -0.15) is 0 Å². The van der Waals surface area contributed by atoms with Crippen molar-refractivity contribution < 1.29 is 9.84 Å². The molecule has 0 bridgehead atoms. The van der Waals surface area contributed by atoms with Gasteiger partial charge in [-0.15, -0.1) is 0 Å². The summed E-state index contributed by atoms with van der Waals surface area (Å²) in [5.74, 6) is 0. The van der Waals surface area contributed by atoms with Crippen LogP contribution in [0.15, 0.2) is 0 Å². The largest absolute Gasteiger partial charge is 0.396 e. The van der Waals surface area contributed by atoms with Crippen LogP contribution in [0, 0.1) is 5.41 Å². The lowest BCUT2D eigenvalue weighted by atomic mass is 9.51. The van der Waals surface area contributed by atoms with E-state index in [1.807, 2.05) is 0 Å². The van der Waals surface area contributed by atoms with Gasteiger partial charge in [-0.05, 0) is 45.6 Å². The number of rotatable bonds is 7. The normalized spacial score (nSPS) is 31.1. The first-order chi connectivity index (χ1) is 7.83. The van der Waals surface area contributed by atoms with Gasteiger partial charge < -0.3 is 15.2 Å². The van der Waals surface area contributed by atoms with Crippen LogP contribution in [0.3, 0.4) is 0 Å². The molecule has 0 heterocycles. The fourth-order valence-electron chi connectivity index (χ4n) is 3.24. The zero-order valence-electron chi connectivity index (χ0n) is 10.4. The fraction of sp³-hybridized carbons (Fsp3) is 1.00. The van der Waals surface area contributed by atoms with Crippen molar-refractivity contribution in [2.75, 3.05) is 19.8 Å².